The van der Waals surface area contributed by atoms with Crippen molar-refractivity contribution >= 4 is 11.6 Å². The monoisotopic (exact) mass is 259 g/mol. The van der Waals surface area contributed by atoms with Crippen LogP contribution in [0.1, 0.15) is 18.1 Å². The summed E-state index contributed by atoms with van der Waals surface area (Å²) in [4.78, 5) is 11.0. The molecule has 4 heteroatoms. The third-order valence-corrected chi connectivity index (χ3v) is 3.30. The molecule has 0 atom stereocenters. The van der Waals surface area contributed by atoms with Crippen LogP contribution in [0.15, 0.2) is 30.3 Å². The van der Waals surface area contributed by atoms with E-state index >= 15 is 0 Å². The first-order valence-corrected chi connectivity index (χ1v) is 5.94. The van der Waals surface area contributed by atoms with Crippen molar-refractivity contribution < 1.29 is 13.6 Å². The van der Waals surface area contributed by atoms with Gasteiger partial charge < -0.3 is 5.32 Å². The number of hydrogen-bond acceptors (Lipinski definition) is 1. The number of fused-ring (bicyclic) bond motifs is 3. The summed E-state index contributed by atoms with van der Waals surface area (Å²) in [5.41, 5.74) is 2.46. The maximum atomic E-state index is 14.3. The SMILES string of the molecule is CC(=O)Nc1c(F)cc2c(c1F)Cc1ccccc1-2. The minimum absolute atomic E-state index is 0.362. The van der Waals surface area contributed by atoms with Gasteiger partial charge in [0.25, 0.3) is 0 Å². The summed E-state index contributed by atoms with van der Waals surface area (Å²) in [5, 5.41) is 2.21. The Kier molecular flexibility index (Phi) is 2.59. The lowest BCUT2D eigenvalue weighted by Gasteiger charge is -2.10. The molecular weight excluding hydrogens is 248 g/mol. The lowest BCUT2D eigenvalue weighted by atomic mass is 10.0. The fourth-order valence-electron chi connectivity index (χ4n) is 2.49. The smallest absolute Gasteiger partial charge is 0.221 e. The van der Waals surface area contributed by atoms with Gasteiger partial charge in [-0.15, -0.1) is 0 Å². The van der Waals surface area contributed by atoms with E-state index in [1.54, 1.807) is 0 Å². The van der Waals surface area contributed by atoms with E-state index in [0.29, 0.717) is 17.5 Å². The number of carbonyl (C=O) groups excluding carboxylic acids is 1. The van der Waals surface area contributed by atoms with Gasteiger partial charge in [0.1, 0.15) is 11.5 Å². The molecule has 2 aromatic carbocycles. The molecule has 19 heavy (non-hydrogen) atoms. The summed E-state index contributed by atoms with van der Waals surface area (Å²) in [6, 6.07) is 8.73. The van der Waals surface area contributed by atoms with Gasteiger partial charge in [0.05, 0.1) is 0 Å². The van der Waals surface area contributed by atoms with Gasteiger partial charge in [0, 0.05) is 18.9 Å². The van der Waals surface area contributed by atoms with E-state index in [1.165, 1.54) is 13.0 Å². The Morgan fingerprint density at radius 1 is 1.21 bits per heavy atom. The Morgan fingerprint density at radius 2 is 1.95 bits per heavy atom. The molecule has 0 unspecified atom stereocenters. The van der Waals surface area contributed by atoms with Gasteiger partial charge in [-0.25, -0.2) is 8.78 Å². The van der Waals surface area contributed by atoms with E-state index in [1.807, 2.05) is 24.3 Å². The summed E-state index contributed by atoms with van der Waals surface area (Å²) in [6.45, 7) is 1.22. The largest absolute Gasteiger partial charge is 0.321 e. The zero-order valence-electron chi connectivity index (χ0n) is 10.3. The molecule has 0 fully saturated rings. The Morgan fingerprint density at radius 3 is 2.68 bits per heavy atom. The number of nitrogens with one attached hydrogen (secondary N) is 1. The van der Waals surface area contributed by atoms with Gasteiger partial charge in [-0.3, -0.25) is 4.79 Å². The van der Waals surface area contributed by atoms with E-state index in [0.717, 1.165) is 11.1 Å². The van der Waals surface area contributed by atoms with Gasteiger partial charge in [0.15, 0.2) is 5.82 Å². The number of halogens is 2. The first-order valence-electron chi connectivity index (χ1n) is 5.94. The van der Waals surface area contributed by atoms with Crippen molar-refractivity contribution in [3.8, 4) is 11.1 Å². The number of amides is 1. The van der Waals surface area contributed by atoms with Crippen molar-refractivity contribution in [3.63, 3.8) is 0 Å². The minimum Gasteiger partial charge on any atom is -0.321 e. The van der Waals surface area contributed by atoms with Crippen molar-refractivity contribution in [2.75, 3.05) is 5.32 Å². The van der Waals surface area contributed by atoms with Crippen LogP contribution < -0.4 is 5.32 Å². The van der Waals surface area contributed by atoms with Crippen molar-refractivity contribution in [1.29, 1.82) is 0 Å². The van der Waals surface area contributed by atoms with Crippen LogP contribution in [0.25, 0.3) is 11.1 Å². The highest BCUT2D eigenvalue weighted by atomic mass is 19.1. The lowest BCUT2D eigenvalue weighted by Crippen LogP contribution is -2.10. The zero-order chi connectivity index (χ0) is 13.6. The molecule has 1 N–H and O–H groups in total. The van der Waals surface area contributed by atoms with E-state index in [2.05, 4.69) is 5.32 Å². The van der Waals surface area contributed by atoms with Crippen LogP contribution >= 0.6 is 0 Å². The normalized spacial score (nSPS) is 11.9. The highest BCUT2D eigenvalue weighted by Gasteiger charge is 2.26. The second-order valence-electron chi connectivity index (χ2n) is 4.59. The average Bonchev–Trinajstić information content (AvgIpc) is 2.73. The van der Waals surface area contributed by atoms with E-state index < -0.39 is 17.5 Å². The molecule has 2 nitrogen and oxygen atoms in total. The van der Waals surface area contributed by atoms with Crippen molar-refractivity contribution in [2.45, 2.75) is 13.3 Å². The van der Waals surface area contributed by atoms with Crippen LogP contribution in [0, 0.1) is 11.6 Å². The van der Waals surface area contributed by atoms with E-state index in [9.17, 15) is 13.6 Å². The number of benzene rings is 2. The average molecular weight is 259 g/mol. The molecule has 2 aromatic rings. The number of hydrogen-bond donors (Lipinski definition) is 1. The van der Waals surface area contributed by atoms with Crippen LogP contribution in [0.5, 0.6) is 0 Å². The molecule has 1 amide bonds. The Hall–Kier alpha value is -2.23. The highest BCUT2D eigenvalue weighted by molar-refractivity contribution is 5.90. The summed E-state index contributed by atoms with van der Waals surface area (Å²) in [5.74, 6) is -1.92. The van der Waals surface area contributed by atoms with Gasteiger partial charge >= 0.3 is 0 Å². The molecule has 0 radical (unpaired) electrons. The highest BCUT2D eigenvalue weighted by Crippen LogP contribution is 2.40. The standard InChI is InChI=1S/C15H11F2NO/c1-8(19)18-15-13(16)7-11-10-5-3-2-4-9(10)6-12(11)14(15)17/h2-5,7H,6H2,1H3,(H,18,19). The molecule has 0 bridgehead atoms. The van der Waals surface area contributed by atoms with Crippen LogP contribution in [-0.2, 0) is 11.2 Å². The van der Waals surface area contributed by atoms with Gasteiger partial charge in [-0.2, -0.15) is 0 Å². The molecule has 0 aliphatic heterocycles. The third-order valence-electron chi connectivity index (χ3n) is 3.30. The fraction of sp³-hybridized carbons (Fsp3) is 0.133. The minimum atomic E-state index is -0.747. The summed E-state index contributed by atoms with van der Waals surface area (Å²) < 4.78 is 28.2. The molecule has 0 saturated carbocycles. The summed E-state index contributed by atoms with van der Waals surface area (Å²) >= 11 is 0. The predicted octanol–water partition coefficient (Wildman–Crippen LogP) is 3.49. The van der Waals surface area contributed by atoms with Gasteiger partial charge in [0.2, 0.25) is 5.91 Å². The van der Waals surface area contributed by atoms with Crippen LogP contribution in [0.2, 0.25) is 0 Å². The molecule has 1 aliphatic carbocycles. The topological polar surface area (TPSA) is 29.1 Å². The number of anilines is 1. The first kappa shape index (κ1) is 11.8. The number of rotatable bonds is 1. The predicted molar refractivity (Wildman–Crippen MR) is 68.9 cm³/mol. The molecular formula is C15H11F2NO. The molecule has 1 aliphatic rings. The number of carbonyl (C=O) groups is 1. The quantitative estimate of drug-likeness (QED) is 0.712. The Balaban J connectivity index is 2.20. The van der Waals surface area contributed by atoms with Crippen LogP contribution in [-0.4, -0.2) is 5.91 Å². The Labute approximate surface area is 109 Å². The second-order valence-corrected chi connectivity index (χ2v) is 4.59. The summed E-state index contributed by atoms with van der Waals surface area (Å²) in [6.07, 6.45) is 0.421. The summed E-state index contributed by atoms with van der Waals surface area (Å²) in [7, 11) is 0. The maximum absolute atomic E-state index is 14.3. The molecule has 0 spiro atoms. The molecule has 0 saturated heterocycles. The fourth-order valence-corrected chi connectivity index (χ4v) is 2.49. The van der Waals surface area contributed by atoms with Crippen LogP contribution in [0.3, 0.4) is 0 Å². The molecule has 0 heterocycles. The second kappa shape index (κ2) is 4.16. The van der Waals surface area contributed by atoms with Gasteiger partial charge in [-0.1, -0.05) is 24.3 Å². The molecule has 96 valence electrons. The lowest BCUT2D eigenvalue weighted by molar-refractivity contribution is -0.114. The first-order chi connectivity index (χ1) is 9.08. The molecule has 0 aromatic heterocycles. The van der Waals surface area contributed by atoms with Crippen molar-refractivity contribution in [1.82, 2.24) is 0 Å². The van der Waals surface area contributed by atoms with E-state index in [4.69, 9.17) is 0 Å². The zero-order valence-corrected chi connectivity index (χ0v) is 10.3. The molecule has 3 rings (SSSR count). The van der Waals surface area contributed by atoms with Gasteiger partial charge in [-0.05, 0) is 22.8 Å². The van der Waals surface area contributed by atoms with Crippen LogP contribution in [0.4, 0.5) is 14.5 Å². The Bertz CT molecular complexity index is 695. The van der Waals surface area contributed by atoms with Crippen molar-refractivity contribution in [2.24, 2.45) is 0 Å². The third kappa shape index (κ3) is 1.80. The maximum Gasteiger partial charge on any atom is 0.221 e. The van der Waals surface area contributed by atoms with Crippen molar-refractivity contribution in [3.05, 3.63) is 53.1 Å². The van der Waals surface area contributed by atoms with E-state index in [-0.39, 0.29) is 5.69 Å².